The molecule has 0 N–H and O–H groups in total. The Morgan fingerprint density at radius 3 is 2.05 bits per heavy atom. The molecule has 0 atom stereocenters. The minimum atomic E-state index is -0.407. The molecular formula is C16H33NO2. The molecule has 0 aromatic heterocycles. The molecule has 0 bridgehead atoms. The number of unbranched alkanes of at least 4 members (excludes halogenated alkanes) is 1. The van der Waals surface area contributed by atoms with Gasteiger partial charge in [0.15, 0.2) is 0 Å². The summed E-state index contributed by atoms with van der Waals surface area (Å²) >= 11 is 0. The van der Waals surface area contributed by atoms with Crippen LogP contribution in [0, 0.1) is 5.92 Å². The molecule has 0 aliphatic rings. The minimum Gasteiger partial charge on any atom is -0.459 e. The zero-order valence-electron chi connectivity index (χ0n) is 14.2. The summed E-state index contributed by atoms with van der Waals surface area (Å²) in [5.41, 5.74) is -0.401. The second-order valence-corrected chi connectivity index (χ2v) is 7.17. The first kappa shape index (κ1) is 18.4. The number of carbonyl (C=O) groups is 1. The fraction of sp³-hybridized carbons (Fsp3) is 0.938. The van der Waals surface area contributed by atoms with Crippen molar-refractivity contribution in [3.05, 3.63) is 0 Å². The highest BCUT2D eigenvalue weighted by molar-refractivity contribution is 5.72. The Bertz CT molecular complexity index is 277. The van der Waals surface area contributed by atoms with Crippen LogP contribution in [0.3, 0.4) is 0 Å². The Balaban J connectivity index is 4.73. The third kappa shape index (κ3) is 6.95. The maximum atomic E-state index is 12.0. The predicted molar refractivity (Wildman–Crippen MR) is 81.2 cm³/mol. The monoisotopic (exact) mass is 271 g/mol. The molecule has 0 aliphatic heterocycles. The normalized spacial score (nSPS) is 13.2. The van der Waals surface area contributed by atoms with Crippen molar-refractivity contribution < 1.29 is 9.53 Å². The van der Waals surface area contributed by atoms with Gasteiger partial charge in [-0.15, -0.1) is 0 Å². The molecule has 0 fully saturated rings. The highest BCUT2D eigenvalue weighted by Crippen LogP contribution is 2.24. The van der Waals surface area contributed by atoms with Crippen molar-refractivity contribution in [1.29, 1.82) is 0 Å². The summed E-state index contributed by atoms with van der Waals surface area (Å²) in [6.07, 6.45) is 2.25. The van der Waals surface area contributed by atoms with Crippen LogP contribution in [0.25, 0.3) is 0 Å². The molecule has 0 aliphatic carbocycles. The topological polar surface area (TPSA) is 29.5 Å². The number of carbonyl (C=O) groups excluding carboxylic acids is 1. The molecule has 19 heavy (non-hydrogen) atoms. The molecule has 0 rings (SSSR count). The third-order valence-electron chi connectivity index (χ3n) is 3.75. The van der Waals surface area contributed by atoms with Crippen LogP contribution in [-0.4, -0.2) is 35.1 Å². The minimum absolute atomic E-state index is 0.00603. The van der Waals surface area contributed by atoms with E-state index in [4.69, 9.17) is 4.74 Å². The Kier molecular flexibility index (Phi) is 7.06. The number of hydrogen-bond acceptors (Lipinski definition) is 3. The van der Waals surface area contributed by atoms with Crippen molar-refractivity contribution in [2.75, 3.05) is 13.1 Å². The summed E-state index contributed by atoms with van der Waals surface area (Å²) in [5, 5.41) is 0. The molecule has 0 spiro atoms. The molecule has 3 heteroatoms. The van der Waals surface area contributed by atoms with Gasteiger partial charge in [-0.05, 0) is 53.5 Å². The number of ether oxygens (including phenoxy) is 1. The standard InChI is InChI=1S/C16H33NO2/c1-9-10-11-17(16(7,8)13(2)3)12-14(18)19-15(4,5)6/h13H,9-12H2,1-8H3. The maximum absolute atomic E-state index is 12.0. The summed E-state index contributed by atoms with van der Waals surface area (Å²) in [5.74, 6) is 0.365. The Morgan fingerprint density at radius 1 is 1.16 bits per heavy atom. The van der Waals surface area contributed by atoms with Crippen molar-refractivity contribution in [3.63, 3.8) is 0 Å². The summed E-state index contributed by atoms with van der Waals surface area (Å²) in [4.78, 5) is 14.3. The van der Waals surface area contributed by atoms with Crippen LogP contribution < -0.4 is 0 Å². The first-order chi connectivity index (χ1) is 8.50. The van der Waals surface area contributed by atoms with Crippen LogP contribution in [0.15, 0.2) is 0 Å². The van der Waals surface area contributed by atoms with Gasteiger partial charge in [-0.1, -0.05) is 27.2 Å². The van der Waals surface area contributed by atoms with Crippen LogP contribution in [0.5, 0.6) is 0 Å². The highest BCUT2D eigenvalue weighted by Gasteiger charge is 2.32. The molecule has 0 aromatic carbocycles. The van der Waals surface area contributed by atoms with Gasteiger partial charge in [0.2, 0.25) is 0 Å². The van der Waals surface area contributed by atoms with Gasteiger partial charge in [0, 0.05) is 5.54 Å². The quantitative estimate of drug-likeness (QED) is 0.658. The average Bonchev–Trinajstić information content (AvgIpc) is 2.20. The van der Waals surface area contributed by atoms with Crippen LogP contribution in [-0.2, 0) is 9.53 Å². The van der Waals surface area contributed by atoms with Crippen LogP contribution in [0.4, 0.5) is 0 Å². The van der Waals surface area contributed by atoms with Crippen molar-refractivity contribution >= 4 is 5.97 Å². The van der Waals surface area contributed by atoms with Gasteiger partial charge >= 0.3 is 5.97 Å². The van der Waals surface area contributed by atoms with Gasteiger partial charge in [0.25, 0.3) is 0 Å². The van der Waals surface area contributed by atoms with E-state index in [1.165, 1.54) is 0 Å². The van der Waals surface area contributed by atoms with Crippen LogP contribution in [0.2, 0.25) is 0 Å². The van der Waals surface area contributed by atoms with Gasteiger partial charge in [0.05, 0.1) is 6.54 Å². The number of hydrogen-bond donors (Lipinski definition) is 0. The summed E-state index contributed by atoms with van der Waals surface area (Å²) in [6.45, 7) is 18.0. The third-order valence-corrected chi connectivity index (χ3v) is 3.75. The van der Waals surface area contributed by atoms with Gasteiger partial charge in [0.1, 0.15) is 5.60 Å². The van der Waals surface area contributed by atoms with E-state index in [1.807, 2.05) is 20.8 Å². The van der Waals surface area contributed by atoms with E-state index in [-0.39, 0.29) is 11.5 Å². The van der Waals surface area contributed by atoms with Crippen molar-refractivity contribution in [3.8, 4) is 0 Å². The maximum Gasteiger partial charge on any atom is 0.320 e. The highest BCUT2D eigenvalue weighted by atomic mass is 16.6. The molecule has 0 amide bonds. The molecule has 0 saturated carbocycles. The van der Waals surface area contributed by atoms with E-state index >= 15 is 0 Å². The predicted octanol–water partition coefficient (Wildman–Crippen LogP) is 3.86. The molecule has 0 heterocycles. The average molecular weight is 271 g/mol. The second-order valence-electron chi connectivity index (χ2n) is 7.17. The number of esters is 1. The fourth-order valence-electron chi connectivity index (χ4n) is 1.81. The van der Waals surface area contributed by atoms with E-state index in [9.17, 15) is 4.79 Å². The lowest BCUT2D eigenvalue weighted by Gasteiger charge is -2.41. The zero-order valence-corrected chi connectivity index (χ0v) is 14.2. The number of nitrogens with zero attached hydrogens (tertiary/aromatic N) is 1. The Labute approximate surface area is 119 Å². The van der Waals surface area contributed by atoms with Crippen LogP contribution in [0.1, 0.15) is 68.2 Å². The number of rotatable bonds is 7. The van der Waals surface area contributed by atoms with E-state index in [2.05, 4.69) is 39.5 Å². The van der Waals surface area contributed by atoms with E-state index in [0.29, 0.717) is 12.5 Å². The first-order valence-corrected chi connectivity index (χ1v) is 7.47. The SMILES string of the molecule is CCCCN(CC(=O)OC(C)(C)C)C(C)(C)C(C)C. The molecule has 0 saturated heterocycles. The van der Waals surface area contributed by atoms with Gasteiger partial charge < -0.3 is 4.74 Å². The summed E-state index contributed by atoms with van der Waals surface area (Å²) < 4.78 is 5.44. The lowest BCUT2D eigenvalue weighted by atomic mass is 9.88. The van der Waals surface area contributed by atoms with Crippen molar-refractivity contribution in [2.45, 2.75) is 79.4 Å². The molecule has 0 radical (unpaired) electrons. The van der Waals surface area contributed by atoms with E-state index < -0.39 is 5.60 Å². The first-order valence-electron chi connectivity index (χ1n) is 7.47. The molecule has 114 valence electrons. The molecule has 0 aromatic rings. The fourth-order valence-corrected chi connectivity index (χ4v) is 1.81. The molecule has 0 unspecified atom stereocenters. The smallest absolute Gasteiger partial charge is 0.320 e. The Hall–Kier alpha value is -0.570. The van der Waals surface area contributed by atoms with Crippen molar-refractivity contribution in [1.82, 2.24) is 4.90 Å². The zero-order chi connectivity index (χ0) is 15.3. The molecule has 3 nitrogen and oxygen atoms in total. The largest absolute Gasteiger partial charge is 0.459 e. The van der Waals surface area contributed by atoms with Crippen LogP contribution >= 0.6 is 0 Å². The summed E-state index contributed by atoms with van der Waals surface area (Å²) in [6, 6.07) is 0. The Morgan fingerprint density at radius 2 is 1.68 bits per heavy atom. The molecular weight excluding hydrogens is 238 g/mol. The van der Waals surface area contributed by atoms with Gasteiger partial charge in [-0.2, -0.15) is 0 Å². The van der Waals surface area contributed by atoms with Gasteiger partial charge in [-0.25, -0.2) is 0 Å². The van der Waals surface area contributed by atoms with E-state index in [1.54, 1.807) is 0 Å². The lowest BCUT2D eigenvalue weighted by Crippen LogP contribution is -2.51. The van der Waals surface area contributed by atoms with E-state index in [0.717, 1.165) is 19.4 Å². The van der Waals surface area contributed by atoms with Gasteiger partial charge in [-0.3, -0.25) is 9.69 Å². The summed E-state index contributed by atoms with van der Waals surface area (Å²) in [7, 11) is 0. The lowest BCUT2D eigenvalue weighted by molar-refractivity contribution is -0.158. The second kappa shape index (κ2) is 7.28. The van der Waals surface area contributed by atoms with Crippen molar-refractivity contribution in [2.24, 2.45) is 5.92 Å².